The van der Waals surface area contributed by atoms with Crippen LogP contribution in [0.4, 0.5) is 0 Å². The van der Waals surface area contributed by atoms with E-state index in [9.17, 15) is 0 Å². The molecule has 1 aliphatic carbocycles. The second-order valence-corrected chi connectivity index (χ2v) is 4.12. The molecule has 0 atom stereocenters. The van der Waals surface area contributed by atoms with Crippen molar-refractivity contribution in [1.29, 1.82) is 0 Å². The van der Waals surface area contributed by atoms with Crippen molar-refractivity contribution in [1.82, 2.24) is 0 Å². The summed E-state index contributed by atoms with van der Waals surface area (Å²) in [6.07, 6.45) is 4.49. The normalized spacial score (nSPS) is 15.4. The van der Waals surface area contributed by atoms with E-state index in [4.69, 9.17) is 4.74 Å². The topological polar surface area (TPSA) is 9.23 Å². The molecule has 0 saturated heterocycles. The van der Waals surface area contributed by atoms with E-state index in [-0.39, 0.29) is 0 Å². The van der Waals surface area contributed by atoms with E-state index in [2.05, 4.69) is 31.7 Å². The van der Waals surface area contributed by atoms with E-state index in [0.717, 1.165) is 11.7 Å². The summed E-state index contributed by atoms with van der Waals surface area (Å²) >= 11 is 0. The second-order valence-electron chi connectivity index (χ2n) is 4.12. The van der Waals surface area contributed by atoms with Gasteiger partial charge >= 0.3 is 0 Å². The Balaban J connectivity index is 2.33. The Kier molecular flexibility index (Phi) is 2.81. The van der Waals surface area contributed by atoms with Crippen molar-refractivity contribution in [3.63, 3.8) is 0 Å². The molecule has 1 aromatic rings. The van der Waals surface area contributed by atoms with Gasteiger partial charge in [-0.3, -0.25) is 0 Å². The summed E-state index contributed by atoms with van der Waals surface area (Å²) in [5.74, 6) is 2.95. The number of methoxy groups -OCH3 is 1. The lowest BCUT2D eigenvalue weighted by atomic mass is 9.98. The molecule has 0 aliphatic heterocycles. The van der Waals surface area contributed by atoms with Gasteiger partial charge in [-0.25, -0.2) is 0 Å². The summed E-state index contributed by atoms with van der Waals surface area (Å²) in [7, 11) is 1.74. The van der Waals surface area contributed by atoms with Gasteiger partial charge < -0.3 is 4.74 Å². The van der Waals surface area contributed by atoms with Crippen LogP contribution in [0.2, 0.25) is 0 Å². The van der Waals surface area contributed by atoms with Gasteiger partial charge in [-0.05, 0) is 36.0 Å². The van der Waals surface area contributed by atoms with Crippen molar-refractivity contribution in [3.8, 4) is 5.75 Å². The number of allylic oxidation sites excluding steroid dienone is 1. The molecule has 0 heterocycles. The SMILES string of the molecule is C=C[C](C)c1ccc(C2CC2)c(OC)c1. The molecule has 0 amide bonds. The van der Waals surface area contributed by atoms with Crippen molar-refractivity contribution in [3.05, 3.63) is 47.9 Å². The van der Waals surface area contributed by atoms with Crippen molar-refractivity contribution in [2.24, 2.45) is 0 Å². The minimum atomic E-state index is 0.734. The zero-order valence-electron chi connectivity index (χ0n) is 9.42. The number of benzene rings is 1. The molecular weight excluding hydrogens is 184 g/mol. The fraction of sp³-hybridized carbons (Fsp3) is 0.357. The molecule has 0 bridgehead atoms. The first-order valence-electron chi connectivity index (χ1n) is 5.40. The summed E-state index contributed by atoms with van der Waals surface area (Å²) in [5, 5.41) is 0. The standard InChI is InChI=1S/C14H17O/c1-4-10(2)12-7-8-13(11-5-6-11)14(9-12)15-3/h4,7-9,11H,1,5-6H2,2-3H3. The zero-order chi connectivity index (χ0) is 10.8. The van der Waals surface area contributed by atoms with Crippen LogP contribution in [0.3, 0.4) is 0 Å². The first-order chi connectivity index (χ1) is 7.26. The lowest BCUT2D eigenvalue weighted by Gasteiger charge is -2.12. The lowest BCUT2D eigenvalue weighted by molar-refractivity contribution is 0.409. The summed E-state index contributed by atoms with van der Waals surface area (Å²) in [4.78, 5) is 0. The number of hydrogen-bond donors (Lipinski definition) is 0. The van der Waals surface area contributed by atoms with E-state index in [1.807, 2.05) is 6.08 Å². The molecule has 1 nitrogen and oxygen atoms in total. The van der Waals surface area contributed by atoms with Gasteiger partial charge in [0.25, 0.3) is 0 Å². The molecule has 15 heavy (non-hydrogen) atoms. The van der Waals surface area contributed by atoms with Crippen LogP contribution in [-0.4, -0.2) is 7.11 Å². The van der Waals surface area contributed by atoms with Crippen molar-refractivity contribution in [2.45, 2.75) is 25.7 Å². The molecule has 1 aliphatic rings. The van der Waals surface area contributed by atoms with Gasteiger partial charge in [-0.15, -0.1) is 6.58 Å². The Hall–Kier alpha value is -1.24. The molecule has 1 fully saturated rings. The molecule has 0 spiro atoms. The molecule has 79 valence electrons. The molecule has 1 saturated carbocycles. The van der Waals surface area contributed by atoms with Crippen molar-refractivity contribution >= 4 is 0 Å². The van der Waals surface area contributed by atoms with E-state index in [1.54, 1.807) is 7.11 Å². The number of ether oxygens (including phenoxy) is 1. The van der Waals surface area contributed by atoms with Gasteiger partial charge in [0.1, 0.15) is 5.75 Å². The third-order valence-electron chi connectivity index (χ3n) is 3.01. The highest BCUT2D eigenvalue weighted by Crippen LogP contribution is 2.44. The maximum atomic E-state index is 5.43. The van der Waals surface area contributed by atoms with Crippen LogP contribution in [0.25, 0.3) is 0 Å². The molecular formula is C14H17O. The van der Waals surface area contributed by atoms with Gasteiger partial charge in [-0.1, -0.05) is 25.1 Å². The fourth-order valence-electron chi connectivity index (χ4n) is 1.81. The predicted octanol–water partition coefficient (Wildman–Crippen LogP) is 3.70. The predicted molar refractivity (Wildman–Crippen MR) is 63.2 cm³/mol. The van der Waals surface area contributed by atoms with Crippen LogP contribution in [-0.2, 0) is 0 Å². The molecule has 1 aromatic carbocycles. The van der Waals surface area contributed by atoms with Crippen molar-refractivity contribution < 1.29 is 4.74 Å². The maximum Gasteiger partial charge on any atom is 0.122 e. The van der Waals surface area contributed by atoms with Crippen LogP contribution in [0.5, 0.6) is 5.75 Å². The Bertz CT molecular complexity index is 364. The number of rotatable bonds is 4. The highest BCUT2D eigenvalue weighted by molar-refractivity contribution is 5.47. The van der Waals surface area contributed by atoms with E-state index in [0.29, 0.717) is 0 Å². The van der Waals surface area contributed by atoms with Gasteiger partial charge in [0.05, 0.1) is 7.11 Å². The van der Waals surface area contributed by atoms with Crippen molar-refractivity contribution in [2.75, 3.05) is 7.11 Å². The highest BCUT2D eigenvalue weighted by Gasteiger charge is 2.26. The third kappa shape index (κ3) is 2.06. The van der Waals surface area contributed by atoms with Gasteiger partial charge in [0.15, 0.2) is 0 Å². The Morgan fingerprint density at radius 2 is 2.20 bits per heavy atom. The van der Waals surface area contributed by atoms with Crippen LogP contribution in [0, 0.1) is 5.92 Å². The summed E-state index contributed by atoms with van der Waals surface area (Å²) in [6.45, 7) is 5.85. The average Bonchev–Trinajstić information content (AvgIpc) is 3.11. The van der Waals surface area contributed by atoms with Crippen LogP contribution in [0.15, 0.2) is 30.9 Å². The first-order valence-corrected chi connectivity index (χ1v) is 5.40. The molecule has 0 aromatic heterocycles. The second kappa shape index (κ2) is 4.09. The highest BCUT2D eigenvalue weighted by atomic mass is 16.5. The average molecular weight is 201 g/mol. The quantitative estimate of drug-likeness (QED) is 0.721. The van der Waals surface area contributed by atoms with Crippen LogP contribution < -0.4 is 4.74 Å². The largest absolute Gasteiger partial charge is 0.496 e. The third-order valence-corrected chi connectivity index (χ3v) is 3.01. The fourth-order valence-corrected chi connectivity index (χ4v) is 1.81. The zero-order valence-corrected chi connectivity index (χ0v) is 9.42. The van der Waals surface area contributed by atoms with Gasteiger partial charge in [0.2, 0.25) is 0 Å². The minimum Gasteiger partial charge on any atom is -0.496 e. The lowest BCUT2D eigenvalue weighted by Crippen LogP contribution is -1.95. The molecule has 1 heteroatoms. The Morgan fingerprint density at radius 1 is 1.47 bits per heavy atom. The summed E-state index contributed by atoms with van der Waals surface area (Å²) in [5.41, 5.74) is 2.56. The first kappa shape index (κ1) is 10.3. The van der Waals surface area contributed by atoms with E-state index >= 15 is 0 Å². The smallest absolute Gasteiger partial charge is 0.122 e. The molecule has 2 rings (SSSR count). The van der Waals surface area contributed by atoms with E-state index < -0.39 is 0 Å². The minimum absolute atomic E-state index is 0.734. The van der Waals surface area contributed by atoms with Crippen LogP contribution >= 0.6 is 0 Å². The van der Waals surface area contributed by atoms with Crippen LogP contribution in [0.1, 0.15) is 36.8 Å². The maximum absolute atomic E-state index is 5.43. The summed E-state index contributed by atoms with van der Waals surface area (Å²) in [6, 6.07) is 6.47. The molecule has 0 N–H and O–H groups in total. The monoisotopic (exact) mass is 201 g/mol. The summed E-state index contributed by atoms with van der Waals surface area (Å²) < 4.78 is 5.43. The number of hydrogen-bond acceptors (Lipinski definition) is 1. The Morgan fingerprint density at radius 3 is 2.73 bits per heavy atom. The van der Waals surface area contributed by atoms with Gasteiger partial charge in [-0.2, -0.15) is 0 Å². The molecule has 1 radical (unpaired) electrons. The molecule has 0 unspecified atom stereocenters. The Labute approximate surface area is 91.8 Å². The van der Waals surface area contributed by atoms with E-state index in [1.165, 1.54) is 29.9 Å². The van der Waals surface area contributed by atoms with Gasteiger partial charge in [0, 0.05) is 5.92 Å².